The Morgan fingerprint density at radius 1 is 1.28 bits per heavy atom. The van der Waals surface area contributed by atoms with Gasteiger partial charge in [0, 0.05) is 17.2 Å². The second-order valence-corrected chi connectivity index (χ2v) is 4.64. The number of aryl methyl sites for hydroxylation is 2. The average Bonchev–Trinajstić information content (AvgIpc) is 2.30. The molecule has 2 rings (SSSR count). The van der Waals surface area contributed by atoms with Crippen molar-refractivity contribution in [3.8, 4) is 11.3 Å². The third kappa shape index (κ3) is 2.33. The zero-order chi connectivity index (χ0) is 13.3. The monoisotopic (exact) mass is 243 g/mol. The summed E-state index contributed by atoms with van der Waals surface area (Å²) in [5, 5.41) is 6.59. The van der Waals surface area contributed by atoms with Gasteiger partial charge in [0.25, 0.3) is 5.56 Å². The Balaban J connectivity index is 2.58. The number of aromatic amines is 1. The minimum absolute atomic E-state index is 0.224. The van der Waals surface area contributed by atoms with Gasteiger partial charge in [-0.05, 0) is 32.4 Å². The molecule has 0 aliphatic carbocycles. The fourth-order valence-corrected chi connectivity index (χ4v) is 2.00. The van der Waals surface area contributed by atoms with E-state index in [0.29, 0.717) is 5.56 Å². The standard InChI is InChI=1S/C14H17N3O/c1-8-4-5-11(9(2)6-8)13-7-12(10(3)15)14(18)17-16-13/h4-7,10H,15H2,1-3H3,(H,17,18). The van der Waals surface area contributed by atoms with Gasteiger partial charge in [0.2, 0.25) is 0 Å². The molecular weight excluding hydrogens is 226 g/mol. The molecular formula is C14H17N3O. The molecule has 3 N–H and O–H groups in total. The van der Waals surface area contributed by atoms with Crippen LogP contribution >= 0.6 is 0 Å². The van der Waals surface area contributed by atoms with Gasteiger partial charge in [-0.25, -0.2) is 5.10 Å². The summed E-state index contributed by atoms with van der Waals surface area (Å²) in [5.74, 6) is 0. The minimum atomic E-state index is -0.304. The molecule has 94 valence electrons. The molecule has 0 aliphatic heterocycles. The van der Waals surface area contributed by atoms with Crippen molar-refractivity contribution in [2.24, 2.45) is 5.73 Å². The van der Waals surface area contributed by atoms with Gasteiger partial charge in [0.1, 0.15) is 0 Å². The van der Waals surface area contributed by atoms with Crippen molar-refractivity contribution in [2.45, 2.75) is 26.8 Å². The van der Waals surface area contributed by atoms with Crippen molar-refractivity contribution in [3.63, 3.8) is 0 Å². The van der Waals surface area contributed by atoms with Gasteiger partial charge in [0.05, 0.1) is 5.69 Å². The Hall–Kier alpha value is -1.94. The molecule has 0 saturated carbocycles. The Labute approximate surface area is 106 Å². The second-order valence-electron chi connectivity index (χ2n) is 4.64. The predicted octanol–water partition coefficient (Wildman–Crippen LogP) is 2.07. The van der Waals surface area contributed by atoms with Gasteiger partial charge in [0.15, 0.2) is 0 Å². The van der Waals surface area contributed by atoms with Crippen molar-refractivity contribution >= 4 is 0 Å². The maximum absolute atomic E-state index is 11.6. The maximum atomic E-state index is 11.6. The van der Waals surface area contributed by atoms with Crippen LogP contribution in [0.4, 0.5) is 0 Å². The summed E-state index contributed by atoms with van der Waals surface area (Å²) in [4.78, 5) is 11.6. The molecule has 4 heteroatoms. The number of benzene rings is 1. The number of aromatic nitrogens is 2. The van der Waals surface area contributed by atoms with Crippen molar-refractivity contribution in [1.82, 2.24) is 10.2 Å². The third-order valence-corrected chi connectivity index (χ3v) is 2.98. The third-order valence-electron chi connectivity index (χ3n) is 2.98. The van der Waals surface area contributed by atoms with E-state index < -0.39 is 0 Å². The Bertz CT molecular complexity index is 629. The van der Waals surface area contributed by atoms with Crippen LogP contribution < -0.4 is 11.3 Å². The Morgan fingerprint density at radius 3 is 2.61 bits per heavy atom. The largest absolute Gasteiger partial charge is 0.324 e. The molecule has 0 fully saturated rings. The fraction of sp³-hybridized carbons (Fsp3) is 0.286. The quantitative estimate of drug-likeness (QED) is 0.848. The highest BCUT2D eigenvalue weighted by Gasteiger charge is 2.10. The topological polar surface area (TPSA) is 71.8 Å². The molecule has 1 unspecified atom stereocenters. The summed E-state index contributed by atoms with van der Waals surface area (Å²) >= 11 is 0. The number of hydrogen-bond acceptors (Lipinski definition) is 3. The van der Waals surface area contributed by atoms with Gasteiger partial charge in [-0.1, -0.05) is 23.8 Å². The highest BCUT2D eigenvalue weighted by atomic mass is 16.1. The predicted molar refractivity (Wildman–Crippen MR) is 72.4 cm³/mol. The van der Waals surface area contributed by atoms with Crippen LogP contribution in [0, 0.1) is 13.8 Å². The molecule has 1 aromatic carbocycles. The normalized spacial score (nSPS) is 12.4. The van der Waals surface area contributed by atoms with Crippen LogP contribution in [0.1, 0.15) is 29.7 Å². The molecule has 0 radical (unpaired) electrons. The smallest absolute Gasteiger partial charge is 0.268 e. The van der Waals surface area contributed by atoms with E-state index in [1.807, 2.05) is 26.0 Å². The molecule has 1 atom stereocenters. The highest BCUT2D eigenvalue weighted by Crippen LogP contribution is 2.22. The summed E-state index contributed by atoms with van der Waals surface area (Å²) in [6.07, 6.45) is 0. The van der Waals surface area contributed by atoms with E-state index in [1.165, 1.54) is 5.56 Å². The molecule has 2 aromatic rings. The van der Waals surface area contributed by atoms with Crippen molar-refractivity contribution in [1.29, 1.82) is 0 Å². The van der Waals surface area contributed by atoms with Crippen molar-refractivity contribution in [2.75, 3.05) is 0 Å². The van der Waals surface area contributed by atoms with Crippen molar-refractivity contribution in [3.05, 3.63) is 51.3 Å². The van der Waals surface area contributed by atoms with Crippen LogP contribution in [-0.2, 0) is 0 Å². The van der Waals surface area contributed by atoms with Gasteiger partial charge in [-0.15, -0.1) is 0 Å². The lowest BCUT2D eigenvalue weighted by molar-refractivity contribution is 0.785. The lowest BCUT2D eigenvalue weighted by atomic mass is 10.0. The van der Waals surface area contributed by atoms with Crippen LogP contribution in [0.3, 0.4) is 0 Å². The molecule has 18 heavy (non-hydrogen) atoms. The minimum Gasteiger partial charge on any atom is -0.324 e. The molecule has 1 aromatic heterocycles. The SMILES string of the molecule is Cc1ccc(-c2cc(C(C)N)c(=O)[nH]n2)c(C)c1. The molecule has 0 amide bonds. The molecule has 0 saturated heterocycles. The van der Waals surface area contributed by atoms with Crippen LogP contribution in [0.25, 0.3) is 11.3 Å². The number of rotatable bonds is 2. The Morgan fingerprint density at radius 2 is 2.00 bits per heavy atom. The first-order valence-electron chi connectivity index (χ1n) is 5.92. The molecule has 0 bridgehead atoms. The number of nitrogens with one attached hydrogen (secondary N) is 1. The zero-order valence-corrected chi connectivity index (χ0v) is 10.8. The van der Waals surface area contributed by atoms with Gasteiger partial charge in [-0.2, -0.15) is 5.10 Å². The van der Waals surface area contributed by atoms with E-state index >= 15 is 0 Å². The zero-order valence-electron chi connectivity index (χ0n) is 10.8. The van der Waals surface area contributed by atoms with Gasteiger partial charge in [-0.3, -0.25) is 4.79 Å². The van der Waals surface area contributed by atoms with E-state index in [4.69, 9.17) is 5.73 Å². The van der Waals surface area contributed by atoms with E-state index in [-0.39, 0.29) is 11.6 Å². The number of nitrogens with two attached hydrogens (primary N) is 1. The summed E-state index contributed by atoms with van der Waals surface area (Å²) in [6, 6.07) is 7.59. The maximum Gasteiger partial charge on any atom is 0.268 e. The average molecular weight is 243 g/mol. The fourth-order valence-electron chi connectivity index (χ4n) is 2.00. The molecule has 1 heterocycles. The summed E-state index contributed by atoms with van der Waals surface area (Å²) in [5.41, 5.74) is 10.2. The van der Waals surface area contributed by atoms with E-state index in [9.17, 15) is 4.79 Å². The van der Waals surface area contributed by atoms with Crippen LogP contribution in [-0.4, -0.2) is 10.2 Å². The van der Waals surface area contributed by atoms with Gasteiger partial charge >= 0.3 is 0 Å². The van der Waals surface area contributed by atoms with Crippen LogP contribution in [0.2, 0.25) is 0 Å². The van der Waals surface area contributed by atoms with Crippen LogP contribution in [0.15, 0.2) is 29.1 Å². The van der Waals surface area contributed by atoms with E-state index in [0.717, 1.165) is 16.8 Å². The lowest BCUT2D eigenvalue weighted by Gasteiger charge is -2.09. The highest BCUT2D eigenvalue weighted by molar-refractivity contribution is 5.64. The van der Waals surface area contributed by atoms with E-state index in [2.05, 4.69) is 16.3 Å². The summed E-state index contributed by atoms with van der Waals surface area (Å²) in [6.45, 7) is 5.86. The lowest BCUT2D eigenvalue weighted by Crippen LogP contribution is -2.20. The number of nitrogens with zero attached hydrogens (tertiary/aromatic N) is 1. The van der Waals surface area contributed by atoms with Crippen LogP contribution in [0.5, 0.6) is 0 Å². The molecule has 0 spiro atoms. The van der Waals surface area contributed by atoms with Crippen molar-refractivity contribution < 1.29 is 0 Å². The number of hydrogen-bond donors (Lipinski definition) is 2. The summed E-state index contributed by atoms with van der Waals surface area (Å²) in [7, 11) is 0. The first kappa shape index (κ1) is 12.5. The number of H-pyrrole nitrogens is 1. The second kappa shape index (κ2) is 4.74. The van der Waals surface area contributed by atoms with E-state index in [1.54, 1.807) is 13.0 Å². The first-order chi connectivity index (χ1) is 8.49. The summed E-state index contributed by atoms with van der Waals surface area (Å²) < 4.78 is 0. The Kier molecular flexibility index (Phi) is 3.30. The molecule has 4 nitrogen and oxygen atoms in total. The van der Waals surface area contributed by atoms with Gasteiger partial charge < -0.3 is 5.73 Å². The molecule has 0 aliphatic rings. The first-order valence-corrected chi connectivity index (χ1v) is 5.92.